The van der Waals surface area contributed by atoms with Gasteiger partial charge in [0.25, 0.3) is 5.65 Å². The van der Waals surface area contributed by atoms with Crippen molar-refractivity contribution in [1.29, 1.82) is 0 Å². The number of fused-ring (bicyclic) bond motifs is 1. The van der Waals surface area contributed by atoms with Crippen LogP contribution in [-0.2, 0) is 7.05 Å². The predicted octanol–water partition coefficient (Wildman–Crippen LogP) is 2.00. The Morgan fingerprint density at radius 3 is 2.68 bits per heavy atom. The number of nitrogens with two attached hydrogens (primary N) is 1. The number of rotatable bonds is 4. The molecule has 0 bridgehead atoms. The SMILES string of the molecule is CCN=C(N)N/N=C/c1ccc(-c2c[n+]3cc(C)ccc3n2C)cc1. The number of aryl methyl sites for hydroxylation is 2. The van der Waals surface area contributed by atoms with Gasteiger partial charge in [0.05, 0.1) is 19.5 Å². The minimum Gasteiger partial charge on any atom is -0.369 e. The van der Waals surface area contributed by atoms with E-state index >= 15 is 0 Å². The lowest BCUT2D eigenvalue weighted by Crippen LogP contribution is -2.27. The van der Waals surface area contributed by atoms with E-state index < -0.39 is 0 Å². The van der Waals surface area contributed by atoms with Crippen LogP contribution in [0, 0.1) is 6.92 Å². The highest BCUT2D eigenvalue weighted by Gasteiger charge is 2.15. The van der Waals surface area contributed by atoms with Gasteiger partial charge in [0.1, 0.15) is 6.20 Å². The number of guanidine groups is 1. The average Bonchev–Trinajstić information content (AvgIpc) is 2.92. The zero-order chi connectivity index (χ0) is 17.8. The van der Waals surface area contributed by atoms with Gasteiger partial charge in [-0.15, -0.1) is 0 Å². The molecule has 2 heterocycles. The second-order valence-corrected chi connectivity index (χ2v) is 5.90. The Kier molecular flexibility index (Phi) is 4.79. The van der Waals surface area contributed by atoms with Crippen LogP contribution in [0.4, 0.5) is 0 Å². The summed E-state index contributed by atoms with van der Waals surface area (Å²) >= 11 is 0. The summed E-state index contributed by atoms with van der Waals surface area (Å²) in [6.45, 7) is 4.65. The summed E-state index contributed by atoms with van der Waals surface area (Å²) in [7, 11) is 2.08. The van der Waals surface area contributed by atoms with Crippen molar-refractivity contribution in [2.24, 2.45) is 22.9 Å². The van der Waals surface area contributed by atoms with Crippen molar-refractivity contribution in [2.75, 3.05) is 6.54 Å². The highest BCUT2D eigenvalue weighted by Crippen LogP contribution is 2.20. The first-order valence-electron chi connectivity index (χ1n) is 8.25. The van der Waals surface area contributed by atoms with Crippen LogP contribution in [0.3, 0.4) is 0 Å². The number of pyridine rings is 1. The smallest absolute Gasteiger partial charge is 0.286 e. The predicted molar refractivity (Wildman–Crippen MR) is 102 cm³/mol. The molecule has 2 aromatic heterocycles. The summed E-state index contributed by atoms with van der Waals surface area (Å²) in [5, 5.41) is 4.08. The Labute approximate surface area is 147 Å². The van der Waals surface area contributed by atoms with Crippen molar-refractivity contribution in [3.8, 4) is 11.3 Å². The van der Waals surface area contributed by atoms with E-state index in [2.05, 4.69) is 75.1 Å². The molecule has 0 spiro atoms. The summed E-state index contributed by atoms with van der Waals surface area (Å²) in [5.74, 6) is 0.318. The maximum atomic E-state index is 5.63. The molecule has 0 atom stereocenters. The molecule has 0 unspecified atom stereocenters. The van der Waals surface area contributed by atoms with Crippen LogP contribution >= 0.6 is 0 Å². The standard InChI is InChI=1S/C19H23N6/c1-4-21-19(20)23-22-11-15-6-8-16(9-7-15)17-13-25-12-14(2)5-10-18(25)24(17)3/h5-13H,4H2,1-3H3,(H3,20,21,23)/q+1/b22-11+. The van der Waals surface area contributed by atoms with Gasteiger partial charge in [-0.3, -0.25) is 4.99 Å². The molecule has 1 aromatic carbocycles. The fourth-order valence-corrected chi connectivity index (χ4v) is 2.74. The summed E-state index contributed by atoms with van der Waals surface area (Å²) in [5.41, 5.74) is 14.0. The topological polar surface area (TPSA) is 71.8 Å². The van der Waals surface area contributed by atoms with Gasteiger partial charge in [-0.1, -0.05) is 12.1 Å². The van der Waals surface area contributed by atoms with E-state index in [1.807, 2.05) is 19.1 Å². The number of hydrogen-bond acceptors (Lipinski definition) is 2. The minimum atomic E-state index is 0.318. The van der Waals surface area contributed by atoms with E-state index in [9.17, 15) is 0 Å². The molecule has 0 fully saturated rings. The number of aliphatic imine (C=N–C) groups is 1. The lowest BCUT2D eigenvalue weighted by Gasteiger charge is -2.00. The van der Waals surface area contributed by atoms with Gasteiger partial charge in [0.15, 0.2) is 5.69 Å². The third-order valence-electron chi connectivity index (χ3n) is 4.00. The van der Waals surface area contributed by atoms with Crippen molar-refractivity contribution in [3.63, 3.8) is 0 Å². The van der Waals surface area contributed by atoms with Crippen LogP contribution in [0.1, 0.15) is 18.1 Å². The molecule has 0 radical (unpaired) electrons. The molecule has 3 rings (SSSR count). The van der Waals surface area contributed by atoms with Crippen LogP contribution in [0.25, 0.3) is 16.9 Å². The van der Waals surface area contributed by atoms with Gasteiger partial charge >= 0.3 is 0 Å². The monoisotopic (exact) mass is 335 g/mol. The molecule has 0 saturated carbocycles. The van der Waals surface area contributed by atoms with Crippen molar-refractivity contribution < 1.29 is 4.40 Å². The first-order valence-corrected chi connectivity index (χ1v) is 8.25. The number of hydrogen-bond donors (Lipinski definition) is 2. The van der Waals surface area contributed by atoms with Crippen molar-refractivity contribution in [1.82, 2.24) is 9.99 Å². The number of hydrazone groups is 1. The van der Waals surface area contributed by atoms with Gasteiger partial charge < -0.3 is 5.73 Å². The Hall–Kier alpha value is -3.15. The van der Waals surface area contributed by atoms with Crippen molar-refractivity contribution >= 4 is 17.8 Å². The van der Waals surface area contributed by atoms with Gasteiger partial charge in [-0.05, 0) is 43.2 Å². The van der Waals surface area contributed by atoms with Crippen molar-refractivity contribution in [3.05, 3.63) is 59.9 Å². The van der Waals surface area contributed by atoms with E-state index in [1.54, 1.807) is 6.21 Å². The second kappa shape index (κ2) is 7.17. The molecule has 0 aliphatic carbocycles. The molecule has 6 nitrogen and oxygen atoms in total. The van der Waals surface area contributed by atoms with Crippen LogP contribution < -0.4 is 15.6 Å². The lowest BCUT2D eigenvalue weighted by atomic mass is 10.1. The molecule has 25 heavy (non-hydrogen) atoms. The first-order chi connectivity index (χ1) is 12.1. The van der Waals surface area contributed by atoms with Gasteiger partial charge in [-0.25, -0.2) is 14.4 Å². The van der Waals surface area contributed by atoms with E-state index in [4.69, 9.17) is 5.73 Å². The van der Waals surface area contributed by atoms with Gasteiger partial charge in [-0.2, -0.15) is 5.10 Å². The summed E-state index contributed by atoms with van der Waals surface area (Å²) in [6.07, 6.45) is 6.00. The van der Waals surface area contributed by atoms with Gasteiger partial charge in [0, 0.05) is 18.2 Å². The fourth-order valence-electron chi connectivity index (χ4n) is 2.74. The molecule has 0 aliphatic heterocycles. The molecule has 0 amide bonds. The average molecular weight is 335 g/mol. The molecule has 0 saturated heterocycles. The second-order valence-electron chi connectivity index (χ2n) is 5.90. The van der Waals surface area contributed by atoms with E-state index in [0.717, 1.165) is 22.5 Å². The quantitative estimate of drug-likeness (QED) is 0.331. The number of nitrogens with zero attached hydrogens (tertiary/aromatic N) is 4. The number of imidazole rings is 1. The highest BCUT2D eigenvalue weighted by atomic mass is 15.3. The Balaban J connectivity index is 1.82. The normalized spacial score (nSPS) is 12.2. The Morgan fingerprint density at radius 1 is 1.20 bits per heavy atom. The van der Waals surface area contributed by atoms with Crippen molar-refractivity contribution in [2.45, 2.75) is 13.8 Å². The summed E-state index contributed by atoms with van der Waals surface area (Å²) in [6, 6.07) is 12.5. The highest BCUT2D eigenvalue weighted by molar-refractivity contribution is 5.83. The maximum absolute atomic E-state index is 5.63. The fraction of sp³-hybridized carbons (Fsp3) is 0.211. The third-order valence-corrected chi connectivity index (χ3v) is 4.00. The van der Waals surface area contributed by atoms with Crippen LogP contribution in [0.2, 0.25) is 0 Å². The maximum Gasteiger partial charge on any atom is 0.286 e. The first kappa shape index (κ1) is 16.7. The molecule has 0 aliphatic rings. The van der Waals surface area contributed by atoms with Gasteiger partial charge in [0.2, 0.25) is 5.96 Å². The van der Waals surface area contributed by atoms with Crippen LogP contribution in [0.15, 0.2) is 58.9 Å². The van der Waals surface area contributed by atoms with Crippen LogP contribution in [0.5, 0.6) is 0 Å². The van der Waals surface area contributed by atoms with Crippen LogP contribution in [-0.4, -0.2) is 23.3 Å². The minimum absolute atomic E-state index is 0.318. The van der Waals surface area contributed by atoms with E-state index in [1.165, 1.54) is 5.56 Å². The number of benzene rings is 1. The number of aromatic nitrogens is 2. The molecular weight excluding hydrogens is 312 g/mol. The number of nitrogens with one attached hydrogen (secondary N) is 1. The molecular formula is C19H23N6+. The summed E-state index contributed by atoms with van der Waals surface area (Å²) < 4.78 is 4.34. The third kappa shape index (κ3) is 3.68. The zero-order valence-electron chi connectivity index (χ0n) is 14.8. The molecule has 128 valence electrons. The zero-order valence-corrected chi connectivity index (χ0v) is 14.8. The van der Waals surface area contributed by atoms with E-state index in [-0.39, 0.29) is 0 Å². The Morgan fingerprint density at radius 2 is 1.96 bits per heavy atom. The molecule has 6 heteroatoms. The molecule has 3 aromatic rings. The molecule has 3 N–H and O–H groups in total. The van der Waals surface area contributed by atoms with E-state index in [0.29, 0.717) is 12.5 Å². The lowest BCUT2D eigenvalue weighted by molar-refractivity contribution is -0.510. The Bertz CT molecular complexity index is 934. The largest absolute Gasteiger partial charge is 0.369 e. The summed E-state index contributed by atoms with van der Waals surface area (Å²) in [4.78, 5) is 4.01.